The molecule has 2 heteroatoms. The zero-order valence-electron chi connectivity index (χ0n) is 10.8. The van der Waals surface area contributed by atoms with Crippen LogP contribution in [0.15, 0.2) is 18.2 Å². The third kappa shape index (κ3) is 1.73. The smallest absolute Gasteiger partial charge is 0.106 e. The third-order valence-electron chi connectivity index (χ3n) is 3.07. The van der Waals surface area contributed by atoms with E-state index in [1.165, 1.54) is 11.1 Å². The quantitative estimate of drug-likeness (QED) is 0.740. The van der Waals surface area contributed by atoms with Crippen molar-refractivity contribution in [1.29, 1.82) is 0 Å². The van der Waals surface area contributed by atoms with E-state index >= 15 is 0 Å². The highest BCUT2D eigenvalue weighted by Gasteiger charge is 2.10. The maximum atomic E-state index is 4.64. The number of hydrogen-bond acceptors (Lipinski definition) is 1. The first-order chi connectivity index (χ1) is 7.50. The van der Waals surface area contributed by atoms with Crippen molar-refractivity contribution in [2.45, 2.75) is 46.6 Å². The molecule has 0 amide bonds. The number of aryl methyl sites for hydroxylation is 1. The van der Waals surface area contributed by atoms with Crippen LogP contribution in [-0.2, 0) is 0 Å². The summed E-state index contributed by atoms with van der Waals surface area (Å²) in [6.45, 7) is 10.9. The molecule has 86 valence electrons. The predicted octanol–water partition coefficient (Wildman–Crippen LogP) is 4.05. The normalized spacial score (nSPS) is 11.9. The van der Waals surface area contributed by atoms with Gasteiger partial charge in [0.05, 0.1) is 11.0 Å². The Morgan fingerprint density at radius 2 is 1.81 bits per heavy atom. The van der Waals surface area contributed by atoms with Crippen molar-refractivity contribution < 1.29 is 0 Å². The van der Waals surface area contributed by atoms with Crippen LogP contribution in [0.2, 0.25) is 0 Å². The van der Waals surface area contributed by atoms with Gasteiger partial charge in [0.2, 0.25) is 0 Å². The van der Waals surface area contributed by atoms with E-state index in [2.05, 4.69) is 62.4 Å². The van der Waals surface area contributed by atoms with Crippen molar-refractivity contribution in [3.05, 3.63) is 29.6 Å². The molecule has 0 aliphatic heterocycles. The fourth-order valence-corrected chi connectivity index (χ4v) is 2.25. The van der Waals surface area contributed by atoms with Gasteiger partial charge >= 0.3 is 0 Å². The second kappa shape index (κ2) is 3.93. The summed E-state index contributed by atoms with van der Waals surface area (Å²) < 4.78 is 2.29. The first-order valence-corrected chi connectivity index (χ1v) is 5.99. The van der Waals surface area contributed by atoms with Crippen LogP contribution in [0.5, 0.6) is 0 Å². The van der Waals surface area contributed by atoms with E-state index in [4.69, 9.17) is 0 Å². The lowest BCUT2D eigenvalue weighted by molar-refractivity contribution is 0.600. The van der Waals surface area contributed by atoms with Gasteiger partial charge in [-0.2, -0.15) is 0 Å². The molecule has 0 aliphatic rings. The van der Waals surface area contributed by atoms with Crippen LogP contribution in [0.25, 0.3) is 11.0 Å². The van der Waals surface area contributed by atoms with E-state index in [0.29, 0.717) is 12.0 Å². The second-order valence-electron chi connectivity index (χ2n) is 5.03. The average Bonchev–Trinajstić information content (AvgIpc) is 2.51. The molecule has 1 aromatic carbocycles. The molecule has 0 atom stereocenters. The number of nitrogens with zero attached hydrogens (tertiary/aromatic N) is 2. The summed E-state index contributed by atoms with van der Waals surface area (Å²) in [5, 5.41) is 0. The van der Waals surface area contributed by atoms with Gasteiger partial charge in [-0.25, -0.2) is 4.98 Å². The molecular weight excluding hydrogens is 196 g/mol. The zero-order valence-corrected chi connectivity index (χ0v) is 10.8. The Hall–Kier alpha value is -1.31. The molecule has 0 bridgehead atoms. The molecule has 0 spiro atoms. The summed E-state index contributed by atoms with van der Waals surface area (Å²) in [5.74, 6) is 1.67. The third-order valence-corrected chi connectivity index (χ3v) is 3.07. The Labute approximate surface area is 97.3 Å². The standard InChI is InChI=1S/C14H20N2/c1-9(2)12-6-7-14-13(8-12)15-11(5)16(14)10(3)4/h6-10H,1-5H3. The molecule has 0 radical (unpaired) electrons. The van der Waals surface area contributed by atoms with Crippen molar-refractivity contribution >= 4 is 11.0 Å². The Balaban J connectivity index is 2.65. The van der Waals surface area contributed by atoms with Gasteiger partial charge in [0.25, 0.3) is 0 Å². The van der Waals surface area contributed by atoms with Gasteiger partial charge in [-0.3, -0.25) is 0 Å². The Morgan fingerprint density at radius 1 is 1.12 bits per heavy atom. The minimum Gasteiger partial charge on any atom is -0.326 e. The second-order valence-corrected chi connectivity index (χ2v) is 5.03. The van der Waals surface area contributed by atoms with E-state index in [1.54, 1.807) is 0 Å². The summed E-state index contributed by atoms with van der Waals surface area (Å²) in [5.41, 5.74) is 3.73. The molecule has 0 unspecified atom stereocenters. The molecule has 0 N–H and O–H groups in total. The topological polar surface area (TPSA) is 17.8 Å². The van der Waals surface area contributed by atoms with Crippen LogP contribution >= 0.6 is 0 Å². The fourth-order valence-electron chi connectivity index (χ4n) is 2.25. The lowest BCUT2D eigenvalue weighted by atomic mass is 10.0. The molecule has 0 fully saturated rings. The summed E-state index contributed by atoms with van der Waals surface area (Å²) in [6, 6.07) is 7.10. The highest BCUT2D eigenvalue weighted by Crippen LogP contribution is 2.24. The van der Waals surface area contributed by atoms with Crippen molar-refractivity contribution in [2.24, 2.45) is 0 Å². The van der Waals surface area contributed by atoms with Gasteiger partial charge in [-0.05, 0) is 44.4 Å². The number of rotatable bonds is 2. The molecule has 0 saturated carbocycles. The molecule has 1 heterocycles. The summed E-state index contributed by atoms with van der Waals surface area (Å²) in [7, 11) is 0. The summed E-state index contributed by atoms with van der Waals surface area (Å²) >= 11 is 0. The highest BCUT2D eigenvalue weighted by atomic mass is 15.1. The molecule has 16 heavy (non-hydrogen) atoms. The van der Waals surface area contributed by atoms with Crippen LogP contribution in [0.3, 0.4) is 0 Å². The van der Waals surface area contributed by atoms with Gasteiger partial charge in [-0.15, -0.1) is 0 Å². The number of fused-ring (bicyclic) bond motifs is 1. The average molecular weight is 216 g/mol. The van der Waals surface area contributed by atoms with E-state index < -0.39 is 0 Å². The SMILES string of the molecule is Cc1nc2cc(C(C)C)ccc2n1C(C)C. The zero-order chi connectivity index (χ0) is 11.9. The predicted molar refractivity (Wildman–Crippen MR) is 68.9 cm³/mol. The highest BCUT2D eigenvalue weighted by molar-refractivity contribution is 5.77. The van der Waals surface area contributed by atoms with E-state index in [1.807, 2.05) is 0 Å². The minimum absolute atomic E-state index is 0.467. The maximum absolute atomic E-state index is 4.64. The van der Waals surface area contributed by atoms with Crippen molar-refractivity contribution in [1.82, 2.24) is 9.55 Å². The fraction of sp³-hybridized carbons (Fsp3) is 0.500. The molecule has 1 aromatic heterocycles. The van der Waals surface area contributed by atoms with E-state index in [9.17, 15) is 0 Å². The van der Waals surface area contributed by atoms with Gasteiger partial charge in [0.1, 0.15) is 5.82 Å². The van der Waals surface area contributed by atoms with Gasteiger partial charge < -0.3 is 4.57 Å². The van der Waals surface area contributed by atoms with Crippen LogP contribution in [0.1, 0.15) is 51.0 Å². The summed E-state index contributed by atoms with van der Waals surface area (Å²) in [4.78, 5) is 4.64. The number of imidazole rings is 1. The molecule has 2 rings (SSSR count). The first kappa shape index (κ1) is 11.2. The minimum atomic E-state index is 0.467. The largest absolute Gasteiger partial charge is 0.326 e. The molecule has 2 nitrogen and oxygen atoms in total. The van der Waals surface area contributed by atoms with Crippen LogP contribution in [-0.4, -0.2) is 9.55 Å². The van der Waals surface area contributed by atoms with E-state index in [-0.39, 0.29) is 0 Å². The monoisotopic (exact) mass is 216 g/mol. The van der Waals surface area contributed by atoms with Gasteiger partial charge in [-0.1, -0.05) is 19.9 Å². The van der Waals surface area contributed by atoms with Gasteiger partial charge in [0, 0.05) is 6.04 Å². The van der Waals surface area contributed by atoms with Crippen LogP contribution in [0, 0.1) is 6.92 Å². The molecule has 0 aliphatic carbocycles. The first-order valence-electron chi connectivity index (χ1n) is 5.99. The van der Waals surface area contributed by atoms with Crippen LogP contribution < -0.4 is 0 Å². The molecular formula is C14H20N2. The Kier molecular flexibility index (Phi) is 2.75. The number of hydrogen-bond donors (Lipinski definition) is 0. The van der Waals surface area contributed by atoms with E-state index in [0.717, 1.165) is 11.3 Å². The maximum Gasteiger partial charge on any atom is 0.106 e. The summed E-state index contributed by atoms with van der Waals surface area (Å²) in [6.07, 6.45) is 0. The lowest BCUT2D eigenvalue weighted by Gasteiger charge is -2.11. The van der Waals surface area contributed by atoms with Crippen molar-refractivity contribution in [2.75, 3.05) is 0 Å². The number of benzene rings is 1. The molecule has 2 aromatic rings. The number of aromatic nitrogens is 2. The Bertz CT molecular complexity index is 507. The van der Waals surface area contributed by atoms with Crippen molar-refractivity contribution in [3.63, 3.8) is 0 Å². The lowest BCUT2D eigenvalue weighted by Crippen LogP contribution is -2.02. The van der Waals surface area contributed by atoms with Crippen molar-refractivity contribution in [3.8, 4) is 0 Å². The van der Waals surface area contributed by atoms with Crippen LogP contribution in [0.4, 0.5) is 0 Å². The Morgan fingerprint density at radius 3 is 2.38 bits per heavy atom. The van der Waals surface area contributed by atoms with Gasteiger partial charge in [0.15, 0.2) is 0 Å². The molecule has 0 saturated heterocycles.